The number of hydrogen-bond donors (Lipinski definition) is 1. The minimum Gasteiger partial charge on any atom is -0.321 e. The first-order chi connectivity index (χ1) is 7.60. The highest BCUT2D eigenvalue weighted by Gasteiger charge is 2.32. The summed E-state index contributed by atoms with van der Waals surface area (Å²) in [4.78, 5) is 0. The maximum Gasteiger partial charge on any atom is 0.123 e. The smallest absolute Gasteiger partial charge is 0.123 e. The average molecular weight is 221 g/mol. The van der Waals surface area contributed by atoms with E-state index in [1.165, 1.54) is 44.2 Å². The second kappa shape index (κ2) is 4.54. The van der Waals surface area contributed by atoms with Gasteiger partial charge in [-0.05, 0) is 43.4 Å². The van der Waals surface area contributed by atoms with Crippen LogP contribution in [0.2, 0.25) is 0 Å². The zero-order valence-corrected chi connectivity index (χ0v) is 9.88. The van der Waals surface area contributed by atoms with Gasteiger partial charge < -0.3 is 5.73 Å². The van der Waals surface area contributed by atoms with Crippen LogP contribution >= 0.6 is 0 Å². The summed E-state index contributed by atoms with van der Waals surface area (Å²) in [5.74, 6) is 0.343. The summed E-state index contributed by atoms with van der Waals surface area (Å²) in [6.45, 7) is 2.08. The summed E-state index contributed by atoms with van der Waals surface area (Å²) in [6.07, 6.45) is 6.28. The first-order valence-electron chi connectivity index (χ1n) is 6.15. The minimum absolute atomic E-state index is 0.191. The van der Waals surface area contributed by atoms with E-state index in [2.05, 4.69) is 6.92 Å². The van der Waals surface area contributed by atoms with Crippen LogP contribution in [0.5, 0.6) is 0 Å². The van der Waals surface area contributed by atoms with E-state index in [1.807, 2.05) is 12.1 Å². The van der Waals surface area contributed by atoms with Crippen molar-refractivity contribution in [2.24, 2.45) is 11.7 Å². The predicted octanol–water partition coefficient (Wildman–Crippen LogP) is 3.58. The molecule has 1 atom stereocenters. The molecule has 1 aromatic rings. The van der Waals surface area contributed by atoms with Gasteiger partial charge >= 0.3 is 0 Å². The van der Waals surface area contributed by atoms with E-state index in [0.717, 1.165) is 5.56 Å². The summed E-state index contributed by atoms with van der Waals surface area (Å²) < 4.78 is 12.9. The summed E-state index contributed by atoms with van der Waals surface area (Å²) in [6, 6.07) is 6.65. The van der Waals surface area contributed by atoms with Gasteiger partial charge in [0.05, 0.1) is 0 Å². The van der Waals surface area contributed by atoms with E-state index in [4.69, 9.17) is 5.73 Å². The maximum atomic E-state index is 12.9. The van der Waals surface area contributed by atoms with Crippen molar-refractivity contribution in [3.8, 4) is 0 Å². The topological polar surface area (TPSA) is 26.0 Å². The second-order valence-electron chi connectivity index (χ2n) is 5.12. The van der Waals surface area contributed by atoms with Crippen molar-refractivity contribution < 1.29 is 4.39 Å². The van der Waals surface area contributed by atoms with Crippen LogP contribution < -0.4 is 5.73 Å². The lowest BCUT2D eigenvalue weighted by molar-refractivity contribution is 0.224. The van der Waals surface area contributed by atoms with Crippen LogP contribution in [0.1, 0.15) is 44.6 Å². The Bertz CT molecular complexity index is 336. The molecule has 0 amide bonds. The van der Waals surface area contributed by atoms with Gasteiger partial charge in [-0.1, -0.05) is 31.4 Å². The third-order valence-corrected chi connectivity index (χ3v) is 3.92. The lowest BCUT2D eigenvalue weighted by Gasteiger charge is -2.37. The number of hydrogen-bond acceptors (Lipinski definition) is 1. The summed E-state index contributed by atoms with van der Waals surface area (Å²) in [5.41, 5.74) is 7.19. The zero-order chi connectivity index (χ0) is 11.6. The number of benzene rings is 1. The molecule has 16 heavy (non-hydrogen) atoms. The Morgan fingerprint density at radius 2 is 1.69 bits per heavy atom. The van der Waals surface area contributed by atoms with Crippen LogP contribution in [0.25, 0.3) is 0 Å². The molecule has 0 aliphatic heterocycles. The second-order valence-corrected chi connectivity index (χ2v) is 5.12. The molecular weight excluding hydrogens is 201 g/mol. The van der Waals surface area contributed by atoms with Crippen molar-refractivity contribution >= 4 is 0 Å². The Hall–Kier alpha value is -0.890. The quantitative estimate of drug-likeness (QED) is 0.811. The van der Waals surface area contributed by atoms with Gasteiger partial charge in [0.25, 0.3) is 0 Å². The van der Waals surface area contributed by atoms with Crippen molar-refractivity contribution in [1.29, 1.82) is 0 Å². The van der Waals surface area contributed by atoms with E-state index in [9.17, 15) is 4.39 Å². The highest BCUT2D eigenvalue weighted by atomic mass is 19.1. The van der Waals surface area contributed by atoms with E-state index < -0.39 is 0 Å². The predicted molar refractivity (Wildman–Crippen MR) is 64.5 cm³/mol. The lowest BCUT2D eigenvalue weighted by Crippen LogP contribution is -2.42. The molecule has 1 unspecified atom stereocenters. The van der Waals surface area contributed by atoms with Crippen molar-refractivity contribution in [2.45, 2.75) is 44.6 Å². The van der Waals surface area contributed by atoms with E-state index in [0.29, 0.717) is 5.92 Å². The first kappa shape index (κ1) is 11.6. The average Bonchev–Trinajstić information content (AvgIpc) is 2.31. The van der Waals surface area contributed by atoms with E-state index in [-0.39, 0.29) is 11.4 Å². The molecule has 1 aromatic carbocycles. The van der Waals surface area contributed by atoms with Crippen LogP contribution in [0.4, 0.5) is 4.39 Å². The molecule has 2 rings (SSSR count). The molecule has 0 saturated heterocycles. The third-order valence-electron chi connectivity index (χ3n) is 3.92. The van der Waals surface area contributed by atoms with Gasteiger partial charge in [0, 0.05) is 5.54 Å². The molecule has 1 aliphatic carbocycles. The van der Waals surface area contributed by atoms with Crippen LogP contribution in [-0.2, 0) is 5.54 Å². The van der Waals surface area contributed by atoms with Crippen LogP contribution in [0.15, 0.2) is 24.3 Å². The van der Waals surface area contributed by atoms with Gasteiger partial charge in [0.1, 0.15) is 5.82 Å². The van der Waals surface area contributed by atoms with Gasteiger partial charge in [-0.25, -0.2) is 4.39 Å². The molecule has 1 saturated carbocycles. The van der Waals surface area contributed by atoms with Crippen molar-refractivity contribution in [2.75, 3.05) is 0 Å². The van der Waals surface area contributed by atoms with Crippen molar-refractivity contribution in [3.05, 3.63) is 35.6 Å². The Morgan fingerprint density at radius 1 is 1.12 bits per heavy atom. The fourth-order valence-corrected chi connectivity index (χ4v) is 2.75. The number of rotatable bonds is 2. The molecule has 0 heterocycles. The van der Waals surface area contributed by atoms with Gasteiger partial charge in [-0.2, -0.15) is 0 Å². The van der Waals surface area contributed by atoms with E-state index in [1.54, 1.807) is 0 Å². The molecule has 2 heteroatoms. The van der Waals surface area contributed by atoms with Crippen LogP contribution in [0.3, 0.4) is 0 Å². The lowest BCUT2D eigenvalue weighted by atomic mass is 9.73. The molecule has 0 bridgehead atoms. The third kappa shape index (κ3) is 2.27. The molecular formula is C14H20FN. The molecule has 1 aliphatic rings. The Kier molecular flexibility index (Phi) is 3.29. The molecule has 88 valence electrons. The van der Waals surface area contributed by atoms with Crippen molar-refractivity contribution in [3.63, 3.8) is 0 Å². The van der Waals surface area contributed by atoms with Crippen LogP contribution in [-0.4, -0.2) is 0 Å². The molecule has 2 N–H and O–H groups in total. The summed E-state index contributed by atoms with van der Waals surface area (Å²) in [7, 11) is 0. The number of nitrogens with two attached hydrogens (primary N) is 1. The monoisotopic (exact) mass is 221 g/mol. The highest BCUT2D eigenvalue weighted by molar-refractivity contribution is 5.24. The highest BCUT2D eigenvalue weighted by Crippen LogP contribution is 2.37. The summed E-state index contributed by atoms with van der Waals surface area (Å²) >= 11 is 0. The number of halogens is 1. The van der Waals surface area contributed by atoms with Gasteiger partial charge in [0.15, 0.2) is 0 Å². The zero-order valence-electron chi connectivity index (χ0n) is 9.88. The Labute approximate surface area is 96.9 Å². The summed E-state index contributed by atoms with van der Waals surface area (Å²) in [5, 5.41) is 0. The fraction of sp³-hybridized carbons (Fsp3) is 0.571. The Morgan fingerprint density at radius 3 is 2.25 bits per heavy atom. The van der Waals surface area contributed by atoms with Gasteiger partial charge in [-0.3, -0.25) is 0 Å². The van der Waals surface area contributed by atoms with Crippen molar-refractivity contribution in [1.82, 2.24) is 0 Å². The molecule has 0 aromatic heterocycles. The minimum atomic E-state index is -0.311. The Balaban J connectivity index is 2.19. The molecule has 0 radical (unpaired) electrons. The standard InChI is InChI=1S/C14H20FN/c1-14(16,11-5-3-2-4-6-11)12-7-9-13(15)10-8-12/h7-11H,2-6,16H2,1H3. The first-order valence-corrected chi connectivity index (χ1v) is 6.15. The van der Waals surface area contributed by atoms with E-state index >= 15 is 0 Å². The van der Waals surface area contributed by atoms with Gasteiger partial charge in [-0.15, -0.1) is 0 Å². The van der Waals surface area contributed by atoms with Gasteiger partial charge in [0.2, 0.25) is 0 Å². The molecule has 1 fully saturated rings. The SMILES string of the molecule is CC(N)(c1ccc(F)cc1)C1CCCCC1. The molecule has 1 nitrogen and oxygen atoms in total. The normalized spacial score (nSPS) is 21.7. The maximum absolute atomic E-state index is 12.9. The molecule has 0 spiro atoms. The largest absolute Gasteiger partial charge is 0.321 e. The fourth-order valence-electron chi connectivity index (χ4n) is 2.75. The van der Waals surface area contributed by atoms with Crippen LogP contribution in [0, 0.1) is 11.7 Å².